The van der Waals surface area contributed by atoms with Gasteiger partial charge in [-0.1, -0.05) is 61.1 Å². The van der Waals surface area contributed by atoms with Crippen molar-refractivity contribution in [2.75, 3.05) is 14.1 Å². The number of ether oxygens (including phenoxy) is 3. The predicted octanol–water partition coefficient (Wildman–Crippen LogP) is 2.49. The number of fused-ring (bicyclic) bond motifs is 1. The largest absolute Gasteiger partial charge is 0.462 e. The SMILES string of the molecule is CC[C@H]1OC(=O)C[C@@H](O)[C@H](C)[C@@H](O[C@@H]2O[C@H](C)C(O)C(N(C)C)C2O)[C@@H](CC=O)C[C@@H](C)C(=O)C=CC(C)=C[C@@H]1Cn1cc(Cn2nnc3ccccc32)nn1. The number of carbonyl (C=O) groups is 3. The van der Waals surface area contributed by atoms with Crippen LogP contribution in [-0.4, -0.2) is 131 Å². The number of rotatable bonds is 10. The molecule has 2 aliphatic heterocycles. The van der Waals surface area contributed by atoms with Crippen LogP contribution in [0.2, 0.25) is 0 Å². The molecule has 0 radical (unpaired) electrons. The molecule has 0 amide bonds. The minimum Gasteiger partial charge on any atom is -0.462 e. The lowest BCUT2D eigenvalue weighted by atomic mass is 9.79. The van der Waals surface area contributed by atoms with E-state index in [9.17, 15) is 29.7 Å². The molecule has 3 aromatic rings. The van der Waals surface area contributed by atoms with Gasteiger partial charge in [0.2, 0.25) is 0 Å². The number of aliphatic hydroxyl groups excluding tert-OH is 3. The number of benzene rings is 1. The van der Waals surface area contributed by atoms with Gasteiger partial charge in [-0.2, -0.15) is 0 Å². The van der Waals surface area contributed by atoms with Crippen LogP contribution in [0.5, 0.6) is 0 Å². The van der Waals surface area contributed by atoms with E-state index in [2.05, 4.69) is 20.6 Å². The highest BCUT2D eigenvalue weighted by molar-refractivity contribution is 5.91. The summed E-state index contributed by atoms with van der Waals surface area (Å²) in [5.74, 6) is -3.08. The maximum Gasteiger partial charge on any atom is 0.308 e. The summed E-state index contributed by atoms with van der Waals surface area (Å²) in [6.07, 6.45) is 0.915. The van der Waals surface area contributed by atoms with Crippen LogP contribution in [0.1, 0.15) is 66.0 Å². The molecular weight excluding hydrogens is 722 g/mol. The summed E-state index contributed by atoms with van der Waals surface area (Å²) in [5.41, 5.74) is 3.07. The summed E-state index contributed by atoms with van der Waals surface area (Å²) in [5, 5.41) is 50.9. The normalized spacial score (nSPS) is 32.7. The molecule has 16 heteroatoms. The van der Waals surface area contributed by atoms with Crippen molar-refractivity contribution >= 4 is 29.1 Å². The van der Waals surface area contributed by atoms with E-state index >= 15 is 0 Å². The molecular formula is C40H57N7O9. The third-order valence-electron chi connectivity index (χ3n) is 11.1. The number of hydrogen-bond donors (Lipinski definition) is 3. The van der Waals surface area contributed by atoms with E-state index in [0.717, 1.165) is 22.9 Å². The quantitative estimate of drug-likeness (QED) is 0.200. The molecule has 5 rings (SSSR count). The number of hydrogen-bond acceptors (Lipinski definition) is 14. The minimum atomic E-state index is -1.29. The standard InChI is InChI=1S/C40H57N7O9/c1-8-34-28(20-46-21-29(41-43-46)22-47-31-12-10-9-11-30(31)42-44-47)17-23(2)13-14-32(49)24(3)18-27(15-16-48)39(25(4)33(50)19-35(51)55-34)56-40-38(53)36(45(6)7)37(52)26(5)54-40/h9-14,16-17,21,24-28,33-34,36-40,50,52-53H,8,15,18-20,22H2,1-7H3/t24-,25+,26-,27+,28-,33-,34-,36?,37?,38?,39-,40+/m1/s1. The number of likely N-dealkylation sites (N-methyl/N-ethyl adjacent to an activating group) is 1. The van der Waals surface area contributed by atoms with Gasteiger partial charge in [0.25, 0.3) is 0 Å². The zero-order valence-corrected chi connectivity index (χ0v) is 33.3. The molecule has 56 heavy (non-hydrogen) atoms. The molecule has 3 N–H and O–H groups in total. The Morgan fingerprint density at radius 1 is 1.04 bits per heavy atom. The first kappa shape index (κ1) is 42.9. The first-order chi connectivity index (χ1) is 26.7. The fraction of sp³-hybridized carbons (Fsp3) is 0.625. The average Bonchev–Trinajstić information content (AvgIpc) is 3.79. The van der Waals surface area contributed by atoms with Crippen molar-refractivity contribution in [2.24, 2.45) is 23.7 Å². The number of aldehydes is 1. The Morgan fingerprint density at radius 3 is 2.50 bits per heavy atom. The molecule has 0 saturated carbocycles. The van der Waals surface area contributed by atoms with Crippen molar-refractivity contribution in [1.82, 2.24) is 34.9 Å². The second-order valence-electron chi connectivity index (χ2n) is 15.6. The van der Waals surface area contributed by atoms with Crippen molar-refractivity contribution in [3.8, 4) is 0 Å². The lowest BCUT2D eigenvalue weighted by Crippen LogP contribution is -2.63. The highest BCUT2D eigenvalue weighted by atomic mass is 16.7. The smallest absolute Gasteiger partial charge is 0.308 e. The molecule has 1 fully saturated rings. The predicted molar refractivity (Wildman–Crippen MR) is 205 cm³/mol. The molecule has 12 atom stereocenters. The second-order valence-corrected chi connectivity index (χ2v) is 15.6. The van der Waals surface area contributed by atoms with E-state index in [4.69, 9.17) is 14.2 Å². The van der Waals surface area contributed by atoms with Gasteiger partial charge < -0.3 is 39.2 Å². The fourth-order valence-electron chi connectivity index (χ4n) is 7.83. The molecule has 0 spiro atoms. The van der Waals surface area contributed by atoms with Crippen LogP contribution in [-0.2, 0) is 41.7 Å². The Morgan fingerprint density at radius 2 is 1.79 bits per heavy atom. The van der Waals surface area contributed by atoms with Gasteiger partial charge in [-0.25, -0.2) is 4.68 Å². The topological polar surface area (TPSA) is 204 Å². The maximum atomic E-state index is 13.6. The highest BCUT2D eigenvalue weighted by Gasteiger charge is 2.47. The van der Waals surface area contributed by atoms with Crippen LogP contribution in [0.25, 0.3) is 11.0 Å². The van der Waals surface area contributed by atoms with E-state index in [1.54, 1.807) is 55.2 Å². The maximum absolute atomic E-state index is 13.6. The molecule has 2 aliphatic rings. The van der Waals surface area contributed by atoms with E-state index in [-0.39, 0.29) is 31.0 Å². The van der Waals surface area contributed by atoms with Crippen molar-refractivity contribution < 1.29 is 43.9 Å². The van der Waals surface area contributed by atoms with Crippen LogP contribution < -0.4 is 0 Å². The third kappa shape index (κ3) is 10.4. The third-order valence-corrected chi connectivity index (χ3v) is 11.1. The number of esters is 1. The van der Waals surface area contributed by atoms with Gasteiger partial charge in [-0.15, -0.1) is 10.2 Å². The van der Waals surface area contributed by atoms with E-state index < -0.39 is 72.7 Å². The molecule has 0 bridgehead atoms. The van der Waals surface area contributed by atoms with E-state index in [1.807, 2.05) is 50.4 Å². The molecule has 3 unspecified atom stereocenters. The number of aromatic nitrogens is 6. The zero-order chi connectivity index (χ0) is 40.7. The van der Waals surface area contributed by atoms with Gasteiger partial charge in [0.05, 0.1) is 61.7 Å². The van der Waals surface area contributed by atoms with Gasteiger partial charge in [0, 0.05) is 24.2 Å². The minimum absolute atomic E-state index is 0.0104. The van der Waals surface area contributed by atoms with Crippen LogP contribution in [0.4, 0.5) is 0 Å². The Kier molecular flexibility index (Phi) is 14.8. The summed E-state index contributed by atoms with van der Waals surface area (Å²) in [7, 11) is 3.45. The summed E-state index contributed by atoms with van der Waals surface area (Å²) < 4.78 is 21.9. The van der Waals surface area contributed by atoms with Crippen molar-refractivity contribution in [1.29, 1.82) is 0 Å². The zero-order valence-electron chi connectivity index (χ0n) is 33.3. The molecule has 16 nitrogen and oxygen atoms in total. The van der Waals surface area contributed by atoms with E-state index in [0.29, 0.717) is 25.2 Å². The molecule has 306 valence electrons. The van der Waals surface area contributed by atoms with Crippen molar-refractivity contribution in [2.45, 2.75) is 122 Å². The number of nitrogens with zero attached hydrogens (tertiary/aromatic N) is 7. The monoisotopic (exact) mass is 779 g/mol. The first-order valence-electron chi connectivity index (χ1n) is 19.4. The summed E-state index contributed by atoms with van der Waals surface area (Å²) >= 11 is 0. The van der Waals surface area contributed by atoms with Gasteiger partial charge in [-0.05, 0) is 64.9 Å². The van der Waals surface area contributed by atoms with Gasteiger partial charge >= 0.3 is 5.97 Å². The average molecular weight is 780 g/mol. The number of allylic oxidation sites excluding steroid dienone is 3. The second kappa shape index (κ2) is 19.3. The lowest BCUT2D eigenvalue weighted by molar-refractivity contribution is -0.304. The fourth-order valence-corrected chi connectivity index (χ4v) is 7.83. The van der Waals surface area contributed by atoms with Gasteiger partial charge in [-0.3, -0.25) is 14.3 Å². The molecule has 4 heterocycles. The number of ketones is 1. The highest BCUT2D eigenvalue weighted by Crippen LogP contribution is 2.34. The summed E-state index contributed by atoms with van der Waals surface area (Å²) in [4.78, 5) is 40.9. The number of cyclic esters (lactones) is 1. The number of carbonyl (C=O) groups excluding carboxylic acids is 3. The number of para-hydroxylation sites is 1. The Labute approximate surface area is 327 Å². The lowest BCUT2D eigenvalue weighted by Gasteiger charge is -2.46. The molecule has 1 aromatic carbocycles. The number of aliphatic hydroxyl groups is 3. The molecule has 1 saturated heterocycles. The van der Waals surface area contributed by atoms with Crippen LogP contribution in [0, 0.1) is 23.7 Å². The van der Waals surface area contributed by atoms with Crippen LogP contribution in [0.15, 0.2) is 54.3 Å². The van der Waals surface area contributed by atoms with Crippen LogP contribution >= 0.6 is 0 Å². The molecule has 0 aliphatic carbocycles. The van der Waals surface area contributed by atoms with Crippen molar-refractivity contribution in [3.63, 3.8) is 0 Å². The molecule has 2 aromatic heterocycles. The van der Waals surface area contributed by atoms with Gasteiger partial charge in [0.15, 0.2) is 12.1 Å². The Hall–Kier alpha value is -4.19. The van der Waals surface area contributed by atoms with Gasteiger partial charge in [0.1, 0.15) is 29.7 Å². The first-order valence-corrected chi connectivity index (χ1v) is 19.4. The van der Waals surface area contributed by atoms with E-state index in [1.165, 1.54) is 6.08 Å². The summed E-state index contributed by atoms with van der Waals surface area (Å²) in [6.45, 7) is 9.56. The van der Waals surface area contributed by atoms with Crippen LogP contribution in [0.3, 0.4) is 0 Å². The van der Waals surface area contributed by atoms with Crippen molar-refractivity contribution in [3.05, 3.63) is 60.0 Å². The summed E-state index contributed by atoms with van der Waals surface area (Å²) in [6, 6.07) is 6.91. The Balaban J connectivity index is 1.41. The Bertz CT molecular complexity index is 1840.